The second-order valence-electron chi connectivity index (χ2n) is 28.6. The number of rotatable bonds is 22. The highest BCUT2D eigenvalue weighted by Crippen LogP contribution is 2.49. The van der Waals surface area contributed by atoms with Gasteiger partial charge in [-0.2, -0.15) is 35.7 Å². The molecule has 17 rings (SSSR count). The van der Waals surface area contributed by atoms with E-state index in [2.05, 4.69) is 79.1 Å². The molecule has 0 saturated heterocycles. The van der Waals surface area contributed by atoms with Crippen molar-refractivity contribution in [1.82, 2.24) is 103 Å². The lowest BCUT2D eigenvalue weighted by Gasteiger charge is -2.21. The number of ketones is 5. The number of aryl methyl sites for hydroxylation is 13. The molecule has 0 radical (unpaired) electrons. The zero-order valence-electron chi connectivity index (χ0n) is 68.5. The third kappa shape index (κ3) is 21.0. The highest BCUT2D eigenvalue weighted by Gasteiger charge is 2.35. The van der Waals surface area contributed by atoms with Gasteiger partial charge in [-0.05, 0) is 103 Å². The predicted octanol–water partition coefficient (Wildman–Crippen LogP) is 12.9. The zero-order chi connectivity index (χ0) is 86.8. The molecule has 0 bridgehead atoms. The highest BCUT2D eigenvalue weighted by molar-refractivity contribution is 7.16. The van der Waals surface area contributed by atoms with Gasteiger partial charge in [0.05, 0.1) is 75.9 Å². The minimum absolute atomic E-state index is 0. The third-order valence-electron chi connectivity index (χ3n) is 19.9. The van der Waals surface area contributed by atoms with Crippen LogP contribution in [-0.2, 0) is 67.6 Å². The van der Waals surface area contributed by atoms with Crippen LogP contribution in [0.25, 0.3) is 81.7 Å². The second kappa shape index (κ2) is 40.7. The van der Waals surface area contributed by atoms with Crippen molar-refractivity contribution >= 4 is 104 Å². The monoisotopic (exact) mass is 1780 g/mol. The van der Waals surface area contributed by atoms with Crippen molar-refractivity contribution in [3.05, 3.63) is 191 Å². The van der Waals surface area contributed by atoms with Crippen LogP contribution in [0.3, 0.4) is 0 Å². The molecule has 1 saturated carbocycles. The van der Waals surface area contributed by atoms with E-state index >= 15 is 0 Å². The molecule has 122 heavy (non-hydrogen) atoms. The van der Waals surface area contributed by atoms with Crippen LogP contribution in [0.4, 0.5) is 13.2 Å². The van der Waals surface area contributed by atoms with Gasteiger partial charge >= 0.3 is 0 Å². The average Bonchev–Trinajstić information content (AvgIpc) is 1.63. The van der Waals surface area contributed by atoms with Gasteiger partial charge in [0, 0.05) is 115 Å². The maximum absolute atomic E-state index is 13.2. The molecule has 14 aromatic rings. The van der Waals surface area contributed by atoms with Gasteiger partial charge in [0.15, 0.2) is 17.4 Å². The smallest absolute Gasteiger partial charge is 0.281 e. The van der Waals surface area contributed by atoms with Gasteiger partial charge in [0.25, 0.3) is 6.43 Å². The van der Waals surface area contributed by atoms with E-state index < -0.39 is 38.6 Å². The van der Waals surface area contributed by atoms with Crippen molar-refractivity contribution < 1.29 is 57.6 Å². The molecule has 1 aliphatic carbocycles. The standard InChI is InChI=1S/C22H22N6OS.C13H13F2N3O2S.C12H13FN4.C12H15N3O2S.C12H13N3O2S.C11H13N3O2S.ClH/c1-14-13-30-22(24-14)17-12-23-27(2)20(17)18(29)10-15-8-9-28-19(11-15)25-21(26-28)16-6-4-3-5-7-16;1-18-10(8(20)5-19)7(4-16-18)13-17-9(12(14)15)11(21-13)6-2-3-6;13-9-3-1-8(2-4-9)12-15-11-7-10(14)5-6-17(11)16-12;2*1-4-10-7(2)14-12(18-10)8-5-13-15(3)11(8)9(17)6-16;1-6-7(2)17-11(13-6)8-4-12-14(3)10(8)9(16)5-15;/h3-7,12-13,15H,8-11H2,1-2H3;4,6,12,19H,2-3,5H2,1H3;1-4,10H,5-7,14H2;5,16H,4,6H2,1-3H3;4-5,16H,1,6H2,2-3H3;4,15H,5H2,1-3H3;1H. The molecule has 0 amide bonds. The Hall–Kier alpha value is -11.1. The van der Waals surface area contributed by atoms with Gasteiger partial charge in [-0.1, -0.05) is 49.9 Å². The number of aliphatic hydroxyl groups is 4. The number of nitrogens with two attached hydrogens (primary N) is 1. The average molecular weight is 1780 g/mol. The summed E-state index contributed by atoms with van der Waals surface area (Å²) in [5.41, 5.74) is 16.6. The molecular formula is C82H90ClF3N22O9S5. The largest absolute Gasteiger partial charge is 0.388 e. The summed E-state index contributed by atoms with van der Waals surface area (Å²) >= 11 is 7.28. The van der Waals surface area contributed by atoms with E-state index in [0.29, 0.717) is 72.2 Å². The summed E-state index contributed by atoms with van der Waals surface area (Å²) in [4.78, 5) is 95.0. The topological polar surface area (TPSA) is 407 Å². The summed E-state index contributed by atoms with van der Waals surface area (Å²) < 4.78 is 50.3. The lowest BCUT2D eigenvalue weighted by molar-refractivity contribution is 0.0889. The Labute approximate surface area is 725 Å². The minimum atomic E-state index is -2.63. The zero-order valence-corrected chi connectivity index (χ0v) is 73.4. The van der Waals surface area contributed by atoms with Crippen molar-refractivity contribution in [3.8, 4) is 75.6 Å². The van der Waals surface area contributed by atoms with Crippen molar-refractivity contribution in [3.63, 3.8) is 0 Å². The summed E-state index contributed by atoms with van der Waals surface area (Å²) in [7, 11) is 8.42. The van der Waals surface area contributed by atoms with Crippen molar-refractivity contribution in [2.75, 3.05) is 26.4 Å². The second-order valence-corrected chi connectivity index (χ2v) is 33.8. The van der Waals surface area contributed by atoms with Crippen LogP contribution < -0.4 is 5.73 Å². The Morgan fingerprint density at radius 1 is 0.525 bits per heavy atom. The summed E-state index contributed by atoms with van der Waals surface area (Å²) in [6, 6.07) is 16.4. The van der Waals surface area contributed by atoms with Gasteiger partial charge in [0.2, 0.25) is 23.1 Å². The van der Waals surface area contributed by atoms with E-state index in [0.717, 1.165) is 140 Å². The summed E-state index contributed by atoms with van der Waals surface area (Å²) in [5.74, 6) is 2.00. The Bertz CT molecular complexity index is 6020. The number of nitrogens with zero attached hydrogens (tertiary/aromatic N) is 21. The number of alkyl halides is 2. The van der Waals surface area contributed by atoms with E-state index in [1.165, 1.54) is 75.9 Å². The summed E-state index contributed by atoms with van der Waals surface area (Å²) in [5, 5.41) is 71.0. The number of hydrogen-bond donors (Lipinski definition) is 5. The summed E-state index contributed by atoms with van der Waals surface area (Å²) in [6.45, 7) is 14.9. The molecule has 3 aliphatic rings. The molecule has 2 atom stereocenters. The first-order valence-corrected chi connectivity index (χ1v) is 42.5. The molecule has 31 nitrogen and oxygen atoms in total. The van der Waals surface area contributed by atoms with E-state index in [1.807, 2.05) is 86.7 Å². The van der Waals surface area contributed by atoms with Gasteiger partial charge in [0.1, 0.15) is 103 Å². The number of benzene rings is 2. The number of fused-ring (bicyclic) bond motifs is 2. The van der Waals surface area contributed by atoms with Crippen molar-refractivity contribution in [2.45, 2.75) is 124 Å². The third-order valence-corrected chi connectivity index (χ3v) is 25.8. The molecule has 12 aromatic heterocycles. The fourth-order valence-corrected chi connectivity index (χ4v) is 18.4. The van der Waals surface area contributed by atoms with E-state index in [1.54, 1.807) is 98.5 Å². The van der Waals surface area contributed by atoms with E-state index in [-0.39, 0.29) is 70.6 Å². The fourth-order valence-electron chi connectivity index (χ4n) is 13.5. The first kappa shape index (κ1) is 91.6. The Kier molecular flexibility index (Phi) is 30.6. The predicted molar refractivity (Wildman–Crippen MR) is 463 cm³/mol. The number of carbonyl (C=O) groups is 5. The van der Waals surface area contributed by atoms with Crippen LogP contribution in [0, 0.1) is 46.4 Å². The Balaban J connectivity index is 0.000000145. The normalized spacial score (nSPS) is 13.8. The first-order valence-electron chi connectivity index (χ1n) is 38.4. The molecule has 14 heterocycles. The quantitative estimate of drug-likeness (QED) is 0.0393. The molecule has 6 N–H and O–H groups in total. The maximum Gasteiger partial charge on any atom is 0.281 e. The molecule has 2 aromatic carbocycles. The molecular weight excluding hydrogens is 1690 g/mol. The maximum atomic E-state index is 13.2. The van der Waals surface area contributed by atoms with Crippen molar-refractivity contribution in [2.24, 2.45) is 46.9 Å². The first-order chi connectivity index (χ1) is 58.0. The van der Waals surface area contributed by atoms with Crippen LogP contribution in [0.1, 0.15) is 163 Å². The number of hydrogen-bond acceptors (Lipinski definition) is 29. The Morgan fingerprint density at radius 2 is 0.959 bits per heavy atom. The molecule has 0 spiro atoms. The van der Waals surface area contributed by atoms with E-state index in [9.17, 15) is 37.1 Å². The number of thiazole rings is 5. The Morgan fingerprint density at radius 3 is 1.39 bits per heavy atom. The summed E-state index contributed by atoms with van der Waals surface area (Å²) in [6.07, 6.45) is 13.7. The molecule has 2 unspecified atom stereocenters. The molecule has 2 aliphatic heterocycles. The highest BCUT2D eigenvalue weighted by atomic mass is 35.5. The number of carbonyl (C=O) groups excluding carboxylic acids is 5. The van der Waals surface area contributed by atoms with Gasteiger partial charge in [-0.3, -0.25) is 47.4 Å². The lowest BCUT2D eigenvalue weighted by atomic mass is 9.91. The van der Waals surface area contributed by atoms with Gasteiger partial charge in [-0.15, -0.1) is 69.1 Å². The lowest BCUT2D eigenvalue weighted by Crippen LogP contribution is -2.31. The number of Topliss-reactive ketones (excluding diaryl/α,β-unsaturated/α-hetero) is 5. The molecule has 640 valence electrons. The molecule has 1 fully saturated rings. The van der Waals surface area contributed by atoms with E-state index in [4.69, 9.17) is 31.1 Å². The van der Waals surface area contributed by atoms with Crippen LogP contribution >= 0.6 is 69.1 Å². The van der Waals surface area contributed by atoms with Gasteiger partial charge < -0.3 is 26.2 Å². The van der Waals surface area contributed by atoms with Gasteiger partial charge in [-0.25, -0.2) is 57.4 Å². The molecule has 40 heteroatoms. The fraction of sp³-hybridized carbons (Fsp3) is 0.354. The number of aliphatic hydroxyl groups excluding tert-OH is 4. The van der Waals surface area contributed by atoms with Crippen LogP contribution in [0.15, 0.2) is 97.5 Å². The van der Waals surface area contributed by atoms with Crippen LogP contribution in [0.2, 0.25) is 0 Å². The van der Waals surface area contributed by atoms with Crippen molar-refractivity contribution in [1.29, 1.82) is 0 Å². The van der Waals surface area contributed by atoms with Crippen LogP contribution in [-0.4, -0.2) is 185 Å². The minimum Gasteiger partial charge on any atom is -0.388 e. The van der Waals surface area contributed by atoms with Crippen LogP contribution in [0.5, 0.6) is 0 Å². The number of halogens is 4. The SMILES string of the molecule is C=Cc1sc(-c2cnn(C)c2C(=O)CO)nc1C.CCc1sc(-c2cnn(C)c2C(=O)CO)nc1C.Cc1csc(-c2cnn(C)c2C(=O)CC2CCn3nc(-c4ccccc4)nc3C2)n1.Cc1nc(-c2cnn(C)c2C(=O)CO)sc1C.Cl.Cn1ncc(-c2nc(C(F)F)c(C3CC3)s2)c1C(=O)CO.NC1CCn2nc(-c3ccc(F)cc3)nc2C1. The number of aromatic nitrogens is 21.